The minimum Gasteiger partial charge on any atom is -0.388 e. The van der Waals surface area contributed by atoms with Crippen molar-refractivity contribution in [1.29, 1.82) is 0 Å². The van der Waals surface area contributed by atoms with Gasteiger partial charge in [0.25, 0.3) is 0 Å². The number of rotatable bonds is 4. The highest BCUT2D eigenvalue weighted by Gasteiger charge is 2.31. The van der Waals surface area contributed by atoms with E-state index >= 15 is 0 Å². The summed E-state index contributed by atoms with van der Waals surface area (Å²) in [7, 11) is 0. The van der Waals surface area contributed by atoms with Crippen LogP contribution in [-0.2, 0) is 6.54 Å². The highest BCUT2D eigenvalue weighted by molar-refractivity contribution is 5.81. The Morgan fingerprint density at radius 1 is 1.19 bits per heavy atom. The van der Waals surface area contributed by atoms with Crippen LogP contribution in [0.5, 0.6) is 0 Å². The largest absolute Gasteiger partial charge is 0.388 e. The van der Waals surface area contributed by atoms with Gasteiger partial charge in [-0.2, -0.15) is 0 Å². The van der Waals surface area contributed by atoms with Crippen LogP contribution in [-0.4, -0.2) is 14.7 Å². The second-order valence-corrected chi connectivity index (χ2v) is 5.89. The van der Waals surface area contributed by atoms with Crippen molar-refractivity contribution in [2.75, 3.05) is 0 Å². The van der Waals surface area contributed by atoms with Crippen molar-refractivity contribution in [3.63, 3.8) is 0 Å². The smallest absolute Gasteiger partial charge is 0.0832 e. The Labute approximate surface area is 123 Å². The van der Waals surface area contributed by atoms with Crippen LogP contribution in [0.15, 0.2) is 55.0 Å². The fourth-order valence-electron chi connectivity index (χ4n) is 2.91. The van der Waals surface area contributed by atoms with Crippen molar-refractivity contribution >= 4 is 10.9 Å². The molecule has 3 nitrogen and oxygen atoms in total. The number of para-hydroxylation sites is 1. The van der Waals surface area contributed by atoms with E-state index in [1.54, 1.807) is 0 Å². The van der Waals surface area contributed by atoms with Crippen LogP contribution in [0.4, 0.5) is 0 Å². The zero-order valence-corrected chi connectivity index (χ0v) is 11.8. The van der Waals surface area contributed by atoms with E-state index in [1.807, 2.05) is 30.5 Å². The van der Waals surface area contributed by atoms with Gasteiger partial charge in [-0.3, -0.25) is 4.98 Å². The molecule has 1 atom stereocenters. The Kier molecular flexibility index (Phi) is 3.00. The molecule has 0 spiro atoms. The van der Waals surface area contributed by atoms with Gasteiger partial charge in [0, 0.05) is 30.5 Å². The number of hydrogen-bond donors (Lipinski definition) is 1. The van der Waals surface area contributed by atoms with Crippen LogP contribution in [0.2, 0.25) is 0 Å². The lowest BCUT2D eigenvalue weighted by Crippen LogP contribution is -2.00. The minimum atomic E-state index is -0.291. The first-order valence-electron chi connectivity index (χ1n) is 7.47. The molecule has 0 amide bonds. The van der Waals surface area contributed by atoms with Gasteiger partial charge in [-0.15, -0.1) is 0 Å². The maximum absolute atomic E-state index is 10.2. The molecule has 0 saturated heterocycles. The number of pyridine rings is 1. The molecule has 1 aliphatic rings. The Hall–Kier alpha value is -2.13. The minimum absolute atomic E-state index is 0.291. The van der Waals surface area contributed by atoms with E-state index < -0.39 is 0 Å². The first kappa shape index (κ1) is 12.6. The van der Waals surface area contributed by atoms with Crippen molar-refractivity contribution in [3.8, 4) is 0 Å². The Balaban J connectivity index is 1.62. The summed E-state index contributed by atoms with van der Waals surface area (Å²) in [6, 6.07) is 12.3. The lowest BCUT2D eigenvalue weighted by atomic mass is 10.1. The predicted molar refractivity (Wildman–Crippen MR) is 83.0 cm³/mol. The van der Waals surface area contributed by atoms with Gasteiger partial charge in [-0.25, -0.2) is 0 Å². The summed E-state index contributed by atoms with van der Waals surface area (Å²) < 4.78 is 2.14. The van der Waals surface area contributed by atoms with Gasteiger partial charge in [-0.1, -0.05) is 18.2 Å². The third kappa shape index (κ3) is 2.45. The lowest BCUT2D eigenvalue weighted by Gasteiger charge is -2.08. The van der Waals surface area contributed by atoms with E-state index in [1.165, 1.54) is 10.9 Å². The molecule has 0 aliphatic heterocycles. The molecule has 1 N–H and O–H groups in total. The SMILES string of the molecule is OC(c1ccn(Cc2ccnc3ccccc23)c1)C1CC1. The molecule has 1 fully saturated rings. The molecule has 3 heteroatoms. The van der Waals surface area contributed by atoms with Gasteiger partial charge < -0.3 is 9.67 Å². The molecule has 0 bridgehead atoms. The average molecular weight is 278 g/mol. The average Bonchev–Trinajstić information content (AvgIpc) is 3.27. The standard InChI is InChI=1S/C18H18N2O/c21-18(13-5-6-13)15-8-10-20(12-15)11-14-7-9-19-17-4-2-1-3-16(14)17/h1-4,7-10,12-13,18,21H,5-6,11H2. The number of nitrogens with zero attached hydrogens (tertiary/aromatic N) is 2. The summed E-state index contributed by atoms with van der Waals surface area (Å²) in [6.07, 6.45) is 8.00. The molecular formula is C18H18N2O. The molecule has 4 rings (SSSR count). The van der Waals surface area contributed by atoms with Crippen molar-refractivity contribution in [3.05, 3.63) is 66.1 Å². The van der Waals surface area contributed by atoms with Crippen LogP contribution >= 0.6 is 0 Å². The lowest BCUT2D eigenvalue weighted by molar-refractivity contribution is 0.154. The topological polar surface area (TPSA) is 38.0 Å². The maximum Gasteiger partial charge on any atom is 0.0832 e. The predicted octanol–water partition coefficient (Wildman–Crippen LogP) is 3.53. The number of hydrogen-bond acceptors (Lipinski definition) is 2. The maximum atomic E-state index is 10.2. The Morgan fingerprint density at radius 2 is 2.05 bits per heavy atom. The third-order valence-electron chi connectivity index (χ3n) is 4.28. The molecule has 3 aromatic rings. The van der Waals surface area contributed by atoms with Crippen molar-refractivity contribution in [1.82, 2.24) is 9.55 Å². The number of fused-ring (bicyclic) bond motifs is 1. The van der Waals surface area contributed by atoms with Crippen LogP contribution in [0.1, 0.15) is 30.1 Å². The van der Waals surface area contributed by atoms with Crippen LogP contribution in [0.3, 0.4) is 0 Å². The molecule has 1 aliphatic carbocycles. The fourth-order valence-corrected chi connectivity index (χ4v) is 2.91. The normalized spacial score (nSPS) is 16.2. The van der Waals surface area contributed by atoms with E-state index in [0.717, 1.165) is 30.5 Å². The van der Waals surface area contributed by atoms with Gasteiger partial charge in [0.1, 0.15) is 0 Å². The van der Waals surface area contributed by atoms with Gasteiger partial charge in [0.2, 0.25) is 0 Å². The van der Waals surface area contributed by atoms with Crippen molar-refractivity contribution in [2.24, 2.45) is 5.92 Å². The summed E-state index contributed by atoms with van der Waals surface area (Å²) in [5.74, 6) is 0.475. The molecule has 1 unspecified atom stereocenters. The second-order valence-electron chi connectivity index (χ2n) is 5.89. The molecular weight excluding hydrogens is 260 g/mol. The molecule has 2 aromatic heterocycles. The summed E-state index contributed by atoms with van der Waals surface area (Å²) in [5, 5.41) is 11.4. The van der Waals surface area contributed by atoms with Crippen LogP contribution in [0.25, 0.3) is 10.9 Å². The van der Waals surface area contributed by atoms with Gasteiger partial charge in [-0.05, 0) is 48.1 Å². The van der Waals surface area contributed by atoms with Crippen LogP contribution in [0, 0.1) is 5.92 Å². The summed E-state index contributed by atoms with van der Waals surface area (Å²) in [6.45, 7) is 0.806. The zero-order chi connectivity index (χ0) is 14.2. The molecule has 2 heterocycles. The first-order chi connectivity index (χ1) is 10.3. The fraction of sp³-hybridized carbons (Fsp3) is 0.278. The van der Waals surface area contributed by atoms with Gasteiger partial charge in [0.15, 0.2) is 0 Å². The number of aliphatic hydroxyl groups excluding tert-OH is 1. The quantitative estimate of drug-likeness (QED) is 0.793. The van der Waals surface area contributed by atoms with Gasteiger partial charge in [0.05, 0.1) is 11.6 Å². The third-order valence-corrected chi connectivity index (χ3v) is 4.28. The highest BCUT2D eigenvalue weighted by Crippen LogP contribution is 2.40. The number of benzene rings is 1. The monoisotopic (exact) mass is 278 g/mol. The van der Waals surface area contributed by atoms with E-state index in [2.05, 4.69) is 34.1 Å². The Bertz CT molecular complexity index is 768. The van der Waals surface area contributed by atoms with E-state index in [0.29, 0.717) is 5.92 Å². The van der Waals surface area contributed by atoms with Crippen LogP contribution < -0.4 is 0 Å². The number of aromatic nitrogens is 2. The highest BCUT2D eigenvalue weighted by atomic mass is 16.3. The number of aliphatic hydroxyl groups is 1. The van der Waals surface area contributed by atoms with E-state index in [-0.39, 0.29) is 6.10 Å². The molecule has 1 saturated carbocycles. The summed E-state index contributed by atoms with van der Waals surface area (Å²) >= 11 is 0. The molecule has 106 valence electrons. The Morgan fingerprint density at radius 3 is 2.90 bits per heavy atom. The molecule has 1 aromatic carbocycles. The second kappa shape index (κ2) is 5.01. The van der Waals surface area contributed by atoms with E-state index in [4.69, 9.17) is 0 Å². The molecule has 21 heavy (non-hydrogen) atoms. The zero-order valence-electron chi connectivity index (χ0n) is 11.8. The van der Waals surface area contributed by atoms with Crippen molar-refractivity contribution < 1.29 is 5.11 Å². The molecule has 0 radical (unpaired) electrons. The van der Waals surface area contributed by atoms with Gasteiger partial charge >= 0.3 is 0 Å². The van der Waals surface area contributed by atoms with Crippen molar-refractivity contribution in [2.45, 2.75) is 25.5 Å². The first-order valence-corrected chi connectivity index (χ1v) is 7.47. The summed E-state index contributed by atoms with van der Waals surface area (Å²) in [5.41, 5.74) is 3.32. The van der Waals surface area contributed by atoms with E-state index in [9.17, 15) is 5.11 Å². The summed E-state index contributed by atoms with van der Waals surface area (Å²) in [4.78, 5) is 4.40.